The van der Waals surface area contributed by atoms with Gasteiger partial charge >= 0.3 is 6.36 Å². The molecule has 0 saturated carbocycles. The van der Waals surface area contributed by atoms with Gasteiger partial charge in [0.05, 0.1) is 37.9 Å². The second-order valence-corrected chi connectivity index (χ2v) is 22.7. The number of anilines is 4. The summed E-state index contributed by atoms with van der Waals surface area (Å²) in [5.41, 5.74) is 20.0. The van der Waals surface area contributed by atoms with Crippen LogP contribution in [0, 0.1) is 13.8 Å². The van der Waals surface area contributed by atoms with E-state index in [0.717, 1.165) is 107 Å². The van der Waals surface area contributed by atoms with Gasteiger partial charge in [-0.3, -0.25) is 23.5 Å². The fourth-order valence-electron chi connectivity index (χ4n) is 10.7. The largest absolute Gasteiger partial charge is 0.573 e. The number of pyridine rings is 1. The molecule has 3 aliphatic heterocycles. The maximum Gasteiger partial charge on any atom is 0.573 e. The summed E-state index contributed by atoms with van der Waals surface area (Å²) in [4.78, 5) is 37.7. The van der Waals surface area contributed by atoms with E-state index in [2.05, 4.69) is 117 Å². The van der Waals surface area contributed by atoms with Gasteiger partial charge in [0, 0.05) is 150 Å². The summed E-state index contributed by atoms with van der Waals surface area (Å²) >= 11 is 0. The topological polar surface area (TPSA) is 170 Å². The van der Waals surface area contributed by atoms with Crippen molar-refractivity contribution in [3.8, 4) is 34.1 Å². The Kier molecular flexibility index (Phi) is 22.5. The van der Waals surface area contributed by atoms with E-state index in [9.17, 15) is 22.8 Å². The summed E-state index contributed by atoms with van der Waals surface area (Å²) in [6, 6.07) is 35.8. The normalized spacial score (nSPS) is 13.5. The average Bonchev–Trinajstić information content (AvgIpc) is 1.69. The van der Waals surface area contributed by atoms with Crippen LogP contribution in [0.15, 0.2) is 267 Å². The lowest BCUT2D eigenvalue weighted by molar-refractivity contribution is -0.274. The Balaban J connectivity index is 0.000000152. The Hall–Kier alpha value is -11.8. The molecule has 5 aromatic carbocycles. The fraction of sp³-hybridized carbons (Fsp3) is 0.169. The maximum absolute atomic E-state index is 12.3. The number of carbonyl (C=O) groups excluding carboxylic acids is 1. The van der Waals surface area contributed by atoms with Crippen LogP contribution in [0.1, 0.15) is 68.0 Å². The molecule has 2 N–H and O–H groups in total. The van der Waals surface area contributed by atoms with Crippen LogP contribution in [0.5, 0.6) is 17.2 Å². The highest BCUT2D eigenvalue weighted by Crippen LogP contribution is 2.38. The van der Waals surface area contributed by atoms with Crippen LogP contribution in [0.4, 0.5) is 35.9 Å². The summed E-state index contributed by atoms with van der Waals surface area (Å²) in [5, 5.41) is 20.3. The molecule has 0 bridgehead atoms. The van der Waals surface area contributed by atoms with Crippen molar-refractivity contribution < 1.29 is 37.3 Å². The molecule has 12 rings (SSSR count). The van der Waals surface area contributed by atoms with Crippen LogP contribution in [0.25, 0.3) is 33.5 Å². The molecule has 0 aliphatic carbocycles. The van der Waals surface area contributed by atoms with Gasteiger partial charge in [0.15, 0.2) is 0 Å². The number of amides is 1. The standard InChI is InChI=1S/C20H23N3O.C20H18N2O3.C19H19N3O.C18H16F3N3O/c1-6-24-18-7-8-20(15(3)10-18)23-13-19(14(2)9-16(23)4)17-11-21-22(5)12-17;1-14(24)21-18-3-2-4-19(11-18)22-12-17(9-10-20(22)25)16-7-5-15(13-23)6-8-16;1-4-23-18-7-8-19(14(2)9-18)22-12-16(6-5-15(22)3)17-10-20-13-21-11-17;1-12-8-13(2)24(11-17(12)14-9-22-23(3)10-14)15-4-6-16(7-5-15)25-18(19,20)21/h7-13H,4,6H2,1-3,5H3;2-12,23H,13H2,1H3,(H,21,24);5-13H,3-4H2,1-2H3;4-11H,2H2,1,3H3. The van der Waals surface area contributed by atoms with E-state index >= 15 is 0 Å². The van der Waals surface area contributed by atoms with Crippen molar-refractivity contribution in [1.29, 1.82) is 0 Å². The smallest absolute Gasteiger partial charge is 0.494 e. The number of hydrogen-bond acceptors (Lipinski definition) is 13. The molecule has 0 spiro atoms. The SMILES string of the molecule is C=C1C=C(C)C(c2cnn(C)c2)=CN1c1ccc(OC(F)(F)F)cc1.C=C1C=C(C)C(c2cnn(C)c2)=CN1c1ccc(OCC)cc1C.C=C1C=CC(c2cncnc2)=CN1c1ccc(OCC)cc1C.CC(=O)Nc1cccc(-n2cc(-c3ccc(CO)cc3)ccc2=O)c1. The number of nitrogens with zero attached hydrogens (tertiary/aromatic N) is 10. The Morgan fingerprint density at radius 3 is 1.63 bits per heavy atom. The molecule has 17 nitrogen and oxygen atoms in total. The number of aromatic nitrogens is 7. The molecule has 0 atom stereocenters. The van der Waals surface area contributed by atoms with Crippen molar-refractivity contribution in [1.82, 2.24) is 34.1 Å². The number of allylic oxidation sites excluding steroid dienone is 9. The molecule has 20 heteroatoms. The zero-order chi connectivity index (χ0) is 69.5. The summed E-state index contributed by atoms with van der Waals surface area (Å²) in [7, 11) is 3.77. The summed E-state index contributed by atoms with van der Waals surface area (Å²) < 4.78 is 56.9. The summed E-state index contributed by atoms with van der Waals surface area (Å²) in [6.07, 6.45) is 23.9. The highest BCUT2D eigenvalue weighted by molar-refractivity contribution is 5.89. The van der Waals surface area contributed by atoms with Gasteiger partial charge in [-0.2, -0.15) is 10.2 Å². The lowest BCUT2D eigenvalue weighted by Gasteiger charge is -2.28. The van der Waals surface area contributed by atoms with Gasteiger partial charge in [-0.15, -0.1) is 13.2 Å². The van der Waals surface area contributed by atoms with E-state index in [1.165, 1.54) is 37.0 Å². The number of aliphatic hydroxyl groups is 1. The van der Waals surface area contributed by atoms with Crippen LogP contribution in [0.2, 0.25) is 0 Å². The Morgan fingerprint density at radius 1 is 0.577 bits per heavy atom. The number of ether oxygens (including phenoxy) is 3. The van der Waals surface area contributed by atoms with E-state index in [-0.39, 0.29) is 23.8 Å². The second-order valence-electron chi connectivity index (χ2n) is 22.7. The molecule has 7 heterocycles. The number of rotatable bonds is 15. The van der Waals surface area contributed by atoms with Crippen LogP contribution >= 0.6 is 0 Å². The van der Waals surface area contributed by atoms with E-state index in [1.54, 1.807) is 70.4 Å². The minimum atomic E-state index is -4.70. The van der Waals surface area contributed by atoms with Gasteiger partial charge in [0.1, 0.15) is 23.6 Å². The van der Waals surface area contributed by atoms with Gasteiger partial charge in [-0.05, 0) is 184 Å². The van der Waals surface area contributed by atoms with E-state index in [1.807, 2.05) is 136 Å². The van der Waals surface area contributed by atoms with Crippen LogP contribution in [-0.2, 0) is 25.5 Å². The zero-order valence-electron chi connectivity index (χ0n) is 55.5. The quantitative estimate of drug-likeness (QED) is 0.0995. The van der Waals surface area contributed by atoms with E-state index in [4.69, 9.17) is 14.6 Å². The molecule has 0 saturated heterocycles. The molecule has 0 unspecified atom stereocenters. The monoisotopic (exact) mass is 1310 g/mol. The van der Waals surface area contributed by atoms with Crippen LogP contribution < -0.4 is 39.8 Å². The average molecular weight is 1310 g/mol. The van der Waals surface area contributed by atoms with Crippen LogP contribution in [-0.4, -0.2) is 64.7 Å². The van der Waals surface area contributed by atoms with Gasteiger partial charge in [-0.25, -0.2) is 9.97 Å². The number of nitrogens with one attached hydrogen (secondary N) is 1. The molecule has 3 aliphatic rings. The maximum atomic E-state index is 12.3. The molecule has 0 fully saturated rings. The Labute approximate surface area is 562 Å². The first kappa shape index (κ1) is 69.6. The number of alkyl halides is 3. The third-order valence-electron chi connectivity index (χ3n) is 15.4. The Bertz CT molecular complexity index is 4610. The molecular formula is C77H76F3N11O6. The van der Waals surface area contributed by atoms with Gasteiger partial charge in [0.25, 0.3) is 5.56 Å². The predicted molar refractivity (Wildman–Crippen MR) is 379 cm³/mol. The third kappa shape index (κ3) is 18.1. The number of halogens is 3. The highest BCUT2D eigenvalue weighted by atomic mass is 19.4. The molecule has 1 amide bonds. The Morgan fingerprint density at radius 2 is 1.11 bits per heavy atom. The van der Waals surface area contributed by atoms with E-state index < -0.39 is 6.36 Å². The first-order valence-electron chi connectivity index (χ1n) is 31.0. The molecular weight excluding hydrogens is 1230 g/mol. The lowest BCUT2D eigenvalue weighted by atomic mass is 9.98. The molecule has 9 aromatic rings. The zero-order valence-corrected chi connectivity index (χ0v) is 55.5. The number of benzene rings is 5. The minimum absolute atomic E-state index is 0.00425. The van der Waals surface area contributed by atoms with Crippen molar-refractivity contribution >= 4 is 45.4 Å². The molecule has 0 radical (unpaired) electrons. The first-order valence-corrected chi connectivity index (χ1v) is 31.0. The van der Waals surface area contributed by atoms with Gasteiger partial charge in [-0.1, -0.05) is 56.1 Å². The van der Waals surface area contributed by atoms with Gasteiger partial charge < -0.3 is 39.3 Å². The van der Waals surface area contributed by atoms with E-state index in [0.29, 0.717) is 30.3 Å². The first-order chi connectivity index (χ1) is 46.5. The third-order valence-corrected chi connectivity index (χ3v) is 15.4. The second kappa shape index (κ2) is 31.4. The van der Waals surface area contributed by atoms with Crippen molar-refractivity contribution in [2.24, 2.45) is 14.1 Å². The molecule has 97 heavy (non-hydrogen) atoms. The van der Waals surface area contributed by atoms with Crippen molar-refractivity contribution in [3.63, 3.8) is 0 Å². The molecule has 496 valence electrons. The molecule has 4 aromatic heterocycles. The van der Waals surface area contributed by atoms with Gasteiger partial charge in [0.2, 0.25) is 5.91 Å². The number of aliphatic hydroxyl groups excluding tert-OH is 1. The van der Waals surface area contributed by atoms with Crippen molar-refractivity contribution in [2.45, 2.75) is 61.4 Å². The lowest BCUT2D eigenvalue weighted by Crippen LogP contribution is -2.19. The number of carbonyl (C=O) groups is 1. The minimum Gasteiger partial charge on any atom is -0.494 e. The summed E-state index contributed by atoms with van der Waals surface area (Å²) in [5.74, 6) is 1.35. The van der Waals surface area contributed by atoms with Crippen molar-refractivity contribution in [2.75, 3.05) is 33.2 Å². The van der Waals surface area contributed by atoms with Crippen LogP contribution in [0.3, 0.4) is 0 Å². The summed E-state index contributed by atoms with van der Waals surface area (Å²) in [6.45, 7) is 27.3. The fourth-order valence-corrected chi connectivity index (χ4v) is 10.7. The predicted octanol–water partition coefficient (Wildman–Crippen LogP) is 16.2. The number of aryl methyl sites for hydroxylation is 4. The number of hydrogen-bond donors (Lipinski definition) is 2. The highest BCUT2D eigenvalue weighted by Gasteiger charge is 2.31. The van der Waals surface area contributed by atoms with Crippen molar-refractivity contribution in [3.05, 3.63) is 306 Å².